The zero-order valence-corrected chi connectivity index (χ0v) is 15.3. The van der Waals surface area contributed by atoms with Gasteiger partial charge >= 0.3 is 0 Å². The number of hydrogen-bond acceptors (Lipinski definition) is 5. The molecule has 0 saturated carbocycles. The van der Waals surface area contributed by atoms with Gasteiger partial charge in [0.05, 0.1) is 25.6 Å². The average molecular weight is 372 g/mol. The van der Waals surface area contributed by atoms with Crippen molar-refractivity contribution in [2.24, 2.45) is 0 Å². The van der Waals surface area contributed by atoms with E-state index in [0.29, 0.717) is 32.8 Å². The second-order valence-corrected chi connectivity index (χ2v) is 6.46. The molecular weight excluding hydrogens is 355 g/mol. The lowest BCUT2D eigenvalue weighted by Crippen LogP contribution is -2.12. The molecule has 2 aromatic carbocycles. The van der Waals surface area contributed by atoms with E-state index in [1.807, 2.05) is 0 Å². The van der Waals surface area contributed by atoms with Crippen molar-refractivity contribution in [1.82, 2.24) is 4.98 Å². The first kappa shape index (κ1) is 17.9. The Morgan fingerprint density at radius 2 is 1.85 bits per heavy atom. The summed E-state index contributed by atoms with van der Waals surface area (Å²) in [5.41, 5.74) is 1.91. The summed E-state index contributed by atoms with van der Waals surface area (Å²) in [6.45, 7) is 1.77. The molecule has 26 heavy (non-hydrogen) atoms. The number of halogens is 1. The van der Waals surface area contributed by atoms with E-state index in [1.165, 1.54) is 30.6 Å². The fourth-order valence-corrected chi connectivity index (χ4v) is 3.37. The number of thiazole rings is 1. The molecule has 3 rings (SSSR count). The fraction of sp³-hybridized carbons (Fsp3) is 0.158. The third kappa shape index (κ3) is 3.67. The molecular formula is C19H17FN2O3S. The summed E-state index contributed by atoms with van der Waals surface area (Å²) in [6, 6.07) is 11.2. The van der Waals surface area contributed by atoms with Crippen molar-refractivity contribution in [2.45, 2.75) is 6.92 Å². The minimum Gasteiger partial charge on any atom is -0.497 e. The second kappa shape index (κ2) is 7.53. The third-order valence-electron chi connectivity index (χ3n) is 3.75. The Bertz CT molecular complexity index is 938. The molecule has 7 heteroatoms. The van der Waals surface area contributed by atoms with Crippen molar-refractivity contribution in [2.75, 3.05) is 19.5 Å². The Labute approximate surface area is 154 Å². The van der Waals surface area contributed by atoms with Crippen LogP contribution in [0.4, 0.5) is 10.1 Å². The second-order valence-electron chi connectivity index (χ2n) is 5.46. The fourth-order valence-electron chi connectivity index (χ4n) is 2.40. The number of carbonyl (C=O) groups is 1. The van der Waals surface area contributed by atoms with Gasteiger partial charge in [-0.1, -0.05) is 0 Å². The number of rotatable bonds is 5. The lowest BCUT2D eigenvalue weighted by molar-refractivity contribution is 0.102. The summed E-state index contributed by atoms with van der Waals surface area (Å²) in [5, 5.41) is 3.50. The molecule has 0 unspecified atom stereocenters. The predicted molar refractivity (Wildman–Crippen MR) is 99.7 cm³/mol. The molecule has 1 N–H and O–H groups in total. The van der Waals surface area contributed by atoms with Gasteiger partial charge in [0.2, 0.25) is 0 Å². The highest BCUT2D eigenvalue weighted by atomic mass is 32.1. The monoisotopic (exact) mass is 372 g/mol. The lowest BCUT2D eigenvalue weighted by Gasteiger charge is -2.11. The highest BCUT2D eigenvalue weighted by molar-refractivity contribution is 7.17. The van der Waals surface area contributed by atoms with Crippen molar-refractivity contribution in [3.05, 3.63) is 58.9 Å². The Kier molecular flexibility index (Phi) is 5.18. The van der Waals surface area contributed by atoms with Crippen LogP contribution in [-0.4, -0.2) is 25.1 Å². The van der Waals surface area contributed by atoms with Crippen LogP contribution < -0.4 is 14.8 Å². The first-order valence-corrected chi connectivity index (χ1v) is 8.60. The van der Waals surface area contributed by atoms with Crippen LogP contribution in [0, 0.1) is 12.7 Å². The lowest BCUT2D eigenvalue weighted by atomic mass is 10.2. The van der Waals surface area contributed by atoms with Gasteiger partial charge in [0.25, 0.3) is 5.91 Å². The van der Waals surface area contributed by atoms with E-state index < -0.39 is 0 Å². The summed E-state index contributed by atoms with van der Waals surface area (Å²) in [6.07, 6.45) is 0. The maximum Gasteiger partial charge on any atom is 0.267 e. The maximum atomic E-state index is 13.1. The summed E-state index contributed by atoms with van der Waals surface area (Å²) < 4.78 is 23.5. The van der Waals surface area contributed by atoms with E-state index in [9.17, 15) is 9.18 Å². The van der Waals surface area contributed by atoms with Crippen molar-refractivity contribution < 1.29 is 18.7 Å². The van der Waals surface area contributed by atoms with Gasteiger partial charge in [-0.25, -0.2) is 9.37 Å². The number of amides is 1. The molecule has 1 heterocycles. The summed E-state index contributed by atoms with van der Waals surface area (Å²) in [5.74, 6) is 0.537. The van der Waals surface area contributed by atoms with Gasteiger partial charge in [-0.3, -0.25) is 4.79 Å². The van der Waals surface area contributed by atoms with E-state index in [2.05, 4.69) is 10.3 Å². The molecule has 0 spiro atoms. The summed E-state index contributed by atoms with van der Waals surface area (Å²) in [4.78, 5) is 17.6. The molecule has 0 atom stereocenters. The van der Waals surface area contributed by atoms with Crippen molar-refractivity contribution in [3.63, 3.8) is 0 Å². The van der Waals surface area contributed by atoms with E-state index in [-0.39, 0.29) is 11.7 Å². The van der Waals surface area contributed by atoms with Crippen LogP contribution in [0.2, 0.25) is 0 Å². The molecule has 3 aromatic rings. The smallest absolute Gasteiger partial charge is 0.267 e. The number of methoxy groups -OCH3 is 2. The average Bonchev–Trinajstić information content (AvgIpc) is 3.04. The molecule has 0 radical (unpaired) electrons. The topological polar surface area (TPSA) is 60.5 Å². The van der Waals surface area contributed by atoms with Gasteiger partial charge in [0, 0.05) is 11.6 Å². The van der Waals surface area contributed by atoms with Gasteiger partial charge in [-0.05, 0) is 43.3 Å². The molecule has 5 nitrogen and oxygen atoms in total. The zero-order chi connectivity index (χ0) is 18.7. The molecule has 1 aromatic heterocycles. The van der Waals surface area contributed by atoms with Crippen LogP contribution >= 0.6 is 11.3 Å². The van der Waals surface area contributed by atoms with Gasteiger partial charge in [-0.2, -0.15) is 0 Å². The Morgan fingerprint density at radius 3 is 2.50 bits per heavy atom. The minimum absolute atomic E-state index is 0.281. The first-order chi connectivity index (χ1) is 12.5. The largest absolute Gasteiger partial charge is 0.497 e. The number of nitrogens with one attached hydrogen (secondary N) is 1. The SMILES string of the molecule is COc1ccc(NC(=O)c2sc(-c3ccc(F)cc3)nc2C)c(OC)c1. The normalized spacial score (nSPS) is 10.5. The van der Waals surface area contributed by atoms with Gasteiger partial charge in [0.1, 0.15) is 27.2 Å². The quantitative estimate of drug-likeness (QED) is 0.715. The van der Waals surface area contributed by atoms with E-state index >= 15 is 0 Å². The standard InChI is InChI=1S/C19H17FN2O3S/c1-11-17(26-19(21-11)12-4-6-13(20)7-5-12)18(23)22-15-9-8-14(24-2)10-16(15)25-3/h4-10H,1-3H3,(H,22,23). The van der Waals surface area contributed by atoms with Gasteiger partial charge < -0.3 is 14.8 Å². The van der Waals surface area contributed by atoms with Crippen LogP contribution in [0.15, 0.2) is 42.5 Å². The number of hydrogen-bond donors (Lipinski definition) is 1. The molecule has 0 bridgehead atoms. The van der Waals surface area contributed by atoms with Crippen molar-refractivity contribution in [3.8, 4) is 22.1 Å². The molecule has 0 fully saturated rings. The predicted octanol–water partition coefficient (Wildman–Crippen LogP) is 4.53. The van der Waals surface area contributed by atoms with E-state index in [4.69, 9.17) is 9.47 Å². The van der Waals surface area contributed by atoms with Gasteiger partial charge in [0.15, 0.2) is 0 Å². The Hall–Kier alpha value is -2.93. The van der Waals surface area contributed by atoms with Crippen LogP contribution in [0.5, 0.6) is 11.5 Å². The number of aryl methyl sites for hydroxylation is 1. The number of anilines is 1. The van der Waals surface area contributed by atoms with Crippen LogP contribution in [0.25, 0.3) is 10.6 Å². The Morgan fingerprint density at radius 1 is 1.12 bits per heavy atom. The molecule has 0 aliphatic rings. The van der Waals surface area contributed by atoms with E-state index in [0.717, 1.165) is 5.56 Å². The van der Waals surface area contributed by atoms with Crippen molar-refractivity contribution in [1.29, 1.82) is 0 Å². The minimum atomic E-state index is -0.313. The number of benzene rings is 2. The molecule has 0 aliphatic carbocycles. The van der Waals surface area contributed by atoms with Crippen LogP contribution in [0.3, 0.4) is 0 Å². The number of carbonyl (C=O) groups excluding carboxylic acids is 1. The van der Waals surface area contributed by atoms with Crippen LogP contribution in [0.1, 0.15) is 15.4 Å². The first-order valence-electron chi connectivity index (χ1n) is 7.78. The third-order valence-corrected chi connectivity index (χ3v) is 4.96. The van der Waals surface area contributed by atoms with Gasteiger partial charge in [-0.15, -0.1) is 11.3 Å². The summed E-state index contributed by atoms with van der Waals surface area (Å²) in [7, 11) is 3.08. The molecule has 134 valence electrons. The number of nitrogens with zero attached hydrogens (tertiary/aromatic N) is 1. The zero-order valence-electron chi connectivity index (χ0n) is 14.5. The Balaban J connectivity index is 1.86. The summed E-state index contributed by atoms with van der Waals surface area (Å²) >= 11 is 1.26. The number of aromatic nitrogens is 1. The van der Waals surface area contributed by atoms with Crippen molar-refractivity contribution >= 4 is 22.9 Å². The highest BCUT2D eigenvalue weighted by Crippen LogP contribution is 2.32. The highest BCUT2D eigenvalue weighted by Gasteiger charge is 2.18. The van der Waals surface area contributed by atoms with Crippen LogP contribution in [-0.2, 0) is 0 Å². The molecule has 0 saturated heterocycles. The maximum absolute atomic E-state index is 13.1. The number of ether oxygens (including phenoxy) is 2. The van der Waals surface area contributed by atoms with E-state index in [1.54, 1.807) is 44.4 Å². The molecule has 1 amide bonds. The molecule has 0 aliphatic heterocycles.